The Morgan fingerprint density at radius 1 is 0.636 bits per heavy atom. The van der Waals surface area contributed by atoms with Gasteiger partial charge in [-0.3, -0.25) is 4.79 Å². The number of unbranched alkanes of at least 4 members (excludes halogenated alkanes) is 13. The molecule has 22 heavy (non-hydrogen) atoms. The van der Waals surface area contributed by atoms with Gasteiger partial charge in [0, 0.05) is 6.42 Å². The SMILES string of the molecule is O=C(Cl)CCCCCCCCCCCCCCCCC(Br)Br. The molecule has 4 heteroatoms. The first kappa shape index (κ1) is 22.9. The van der Waals surface area contributed by atoms with Gasteiger partial charge in [-0.05, 0) is 24.4 Å². The number of hydrogen-bond donors (Lipinski definition) is 0. The molecule has 0 rings (SSSR count). The van der Waals surface area contributed by atoms with E-state index >= 15 is 0 Å². The number of carbonyl (C=O) groups excluding carboxylic acids is 1. The molecule has 0 aromatic rings. The number of halogens is 3. The molecule has 0 unspecified atom stereocenters. The summed E-state index contributed by atoms with van der Waals surface area (Å²) < 4.78 is 0.503. The van der Waals surface area contributed by atoms with Crippen LogP contribution in [-0.4, -0.2) is 8.98 Å². The van der Waals surface area contributed by atoms with Crippen molar-refractivity contribution in [2.75, 3.05) is 0 Å². The van der Waals surface area contributed by atoms with Crippen molar-refractivity contribution in [1.29, 1.82) is 0 Å². The fourth-order valence-electron chi connectivity index (χ4n) is 2.68. The molecule has 0 aromatic heterocycles. The first-order chi connectivity index (χ1) is 10.6. The average Bonchev–Trinajstić information content (AvgIpc) is 2.46. The van der Waals surface area contributed by atoms with Crippen molar-refractivity contribution in [2.24, 2.45) is 0 Å². The third-order valence-electron chi connectivity index (χ3n) is 4.05. The molecule has 0 aliphatic heterocycles. The van der Waals surface area contributed by atoms with Crippen LogP contribution in [-0.2, 0) is 4.79 Å². The summed E-state index contributed by atoms with van der Waals surface area (Å²) in [5.74, 6) is 0. The number of carbonyl (C=O) groups is 1. The summed E-state index contributed by atoms with van der Waals surface area (Å²) in [6.07, 6.45) is 20.4. The second-order valence-corrected chi connectivity index (χ2v) is 10.1. The third-order valence-corrected chi connectivity index (χ3v) is 5.15. The van der Waals surface area contributed by atoms with Gasteiger partial charge in [-0.2, -0.15) is 0 Å². The summed E-state index contributed by atoms with van der Waals surface area (Å²) in [6, 6.07) is 0. The van der Waals surface area contributed by atoms with Crippen molar-refractivity contribution >= 4 is 48.7 Å². The van der Waals surface area contributed by atoms with E-state index in [1.54, 1.807) is 0 Å². The van der Waals surface area contributed by atoms with Crippen LogP contribution in [0.4, 0.5) is 0 Å². The van der Waals surface area contributed by atoms with Gasteiger partial charge in [-0.15, -0.1) is 0 Å². The lowest BCUT2D eigenvalue weighted by molar-refractivity contribution is -0.111. The van der Waals surface area contributed by atoms with Crippen LogP contribution >= 0.6 is 43.5 Å². The zero-order chi connectivity index (χ0) is 16.5. The van der Waals surface area contributed by atoms with Crippen molar-refractivity contribution in [3.05, 3.63) is 0 Å². The standard InChI is InChI=1S/C18H33Br2ClO/c19-17(20)15-13-11-9-7-5-3-1-2-4-6-8-10-12-14-16-18(21)22/h17H,1-16H2. The summed E-state index contributed by atoms with van der Waals surface area (Å²) >= 11 is 12.3. The van der Waals surface area contributed by atoms with Crippen LogP contribution in [0, 0.1) is 0 Å². The molecule has 132 valence electrons. The lowest BCUT2D eigenvalue weighted by Gasteiger charge is -2.04. The first-order valence-corrected chi connectivity index (χ1v) is 11.3. The molecule has 0 aliphatic carbocycles. The van der Waals surface area contributed by atoms with Gasteiger partial charge in [0.05, 0.1) is 3.74 Å². The van der Waals surface area contributed by atoms with Gasteiger partial charge in [0.15, 0.2) is 0 Å². The van der Waals surface area contributed by atoms with Crippen molar-refractivity contribution in [2.45, 2.75) is 106 Å². The molecule has 0 atom stereocenters. The Morgan fingerprint density at radius 2 is 0.955 bits per heavy atom. The topological polar surface area (TPSA) is 17.1 Å². The van der Waals surface area contributed by atoms with Crippen LogP contribution in [0.5, 0.6) is 0 Å². The Hall–Kier alpha value is 0.920. The van der Waals surface area contributed by atoms with E-state index in [0.717, 1.165) is 12.8 Å². The summed E-state index contributed by atoms with van der Waals surface area (Å²) in [7, 11) is 0. The van der Waals surface area contributed by atoms with Gasteiger partial charge >= 0.3 is 0 Å². The molecule has 0 aliphatic rings. The van der Waals surface area contributed by atoms with E-state index in [1.807, 2.05) is 0 Å². The molecular weight excluding hydrogens is 427 g/mol. The quantitative estimate of drug-likeness (QED) is 0.122. The largest absolute Gasteiger partial charge is 0.281 e. The van der Waals surface area contributed by atoms with Crippen LogP contribution in [0.3, 0.4) is 0 Å². The highest BCUT2D eigenvalue weighted by Crippen LogP contribution is 2.18. The van der Waals surface area contributed by atoms with E-state index in [1.165, 1.54) is 83.5 Å². The fraction of sp³-hybridized carbons (Fsp3) is 0.944. The van der Waals surface area contributed by atoms with E-state index in [2.05, 4.69) is 31.9 Å². The van der Waals surface area contributed by atoms with Crippen LogP contribution in [0.15, 0.2) is 0 Å². The maximum absolute atomic E-state index is 10.6. The zero-order valence-corrected chi connectivity index (χ0v) is 17.9. The Kier molecular flexibility index (Phi) is 19.0. The Balaban J connectivity index is 2.98. The third kappa shape index (κ3) is 20.9. The maximum atomic E-state index is 10.6. The van der Waals surface area contributed by atoms with Crippen molar-refractivity contribution in [3.8, 4) is 0 Å². The normalized spacial score (nSPS) is 11.3. The number of alkyl halides is 2. The van der Waals surface area contributed by atoms with Crippen LogP contribution < -0.4 is 0 Å². The van der Waals surface area contributed by atoms with E-state index in [0.29, 0.717) is 10.2 Å². The molecule has 0 saturated heterocycles. The van der Waals surface area contributed by atoms with Crippen molar-refractivity contribution in [3.63, 3.8) is 0 Å². The van der Waals surface area contributed by atoms with Crippen molar-refractivity contribution < 1.29 is 4.79 Å². The summed E-state index contributed by atoms with van der Waals surface area (Å²) in [6.45, 7) is 0. The van der Waals surface area contributed by atoms with Gasteiger partial charge in [0.1, 0.15) is 0 Å². The van der Waals surface area contributed by atoms with Crippen LogP contribution in [0.1, 0.15) is 103 Å². The molecule has 0 heterocycles. The molecule has 0 N–H and O–H groups in total. The number of rotatable bonds is 17. The van der Waals surface area contributed by atoms with Gasteiger partial charge < -0.3 is 0 Å². The Labute approximate surface area is 159 Å². The molecule has 1 nitrogen and oxygen atoms in total. The van der Waals surface area contributed by atoms with Gasteiger partial charge in [0.25, 0.3) is 0 Å². The van der Waals surface area contributed by atoms with E-state index < -0.39 is 0 Å². The second-order valence-electron chi connectivity index (χ2n) is 6.23. The minimum Gasteiger partial charge on any atom is -0.281 e. The van der Waals surface area contributed by atoms with E-state index in [-0.39, 0.29) is 5.24 Å². The van der Waals surface area contributed by atoms with Gasteiger partial charge in [0.2, 0.25) is 5.24 Å². The van der Waals surface area contributed by atoms with E-state index in [4.69, 9.17) is 11.6 Å². The zero-order valence-electron chi connectivity index (χ0n) is 13.9. The predicted octanol–water partition coefficient (Wildman–Crippen LogP) is 8.11. The molecule has 0 amide bonds. The Bertz CT molecular complexity index is 247. The lowest BCUT2D eigenvalue weighted by atomic mass is 10.0. The molecule has 0 bridgehead atoms. The molecule has 0 aromatic carbocycles. The average molecular weight is 461 g/mol. The van der Waals surface area contributed by atoms with E-state index in [9.17, 15) is 4.79 Å². The highest BCUT2D eigenvalue weighted by atomic mass is 79.9. The fourth-order valence-corrected chi connectivity index (χ4v) is 3.47. The highest BCUT2D eigenvalue weighted by Gasteiger charge is 1.98. The van der Waals surface area contributed by atoms with Gasteiger partial charge in [-0.1, -0.05) is 115 Å². The minimum atomic E-state index is -0.185. The monoisotopic (exact) mass is 458 g/mol. The summed E-state index contributed by atoms with van der Waals surface area (Å²) in [5, 5.41) is -0.185. The Morgan fingerprint density at radius 3 is 1.27 bits per heavy atom. The minimum absolute atomic E-state index is 0.185. The predicted molar refractivity (Wildman–Crippen MR) is 106 cm³/mol. The highest BCUT2D eigenvalue weighted by molar-refractivity contribution is 9.24. The number of hydrogen-bond acceptors (Lipinski definition) is 1. The molecule has 0 spiro atoms. The van der Waals surface area contributed by atoms with Crippen LogP contribution in [0.25, 0.3) is 0 Å². The molecule has 0 radical (unpaired) electrons. The molecule has 0 fully saturated rings. The smallest absolute Gasteiger partial charge is 0.221 e. The lowest BCUT2D eigenvalue weighted by Crippen LogP contribution is -1.87. The second kappa shape index (κ2) is 18.3. The summed E-state index contributed by atoms with van der Waals surface area (Å²) in [4.78, 5) is 10.6. The first-order valence-electron chi connectivity index (χ1n) is 9.09. The van der Waals surface area contributed by atoms with Gasteiger partial charge in [-0.25, -0.2) is 0 Å². The maximum Gasteiger partial charge on any atom is 0.221 e. The van der Waals surface area contributed by atoms with Crippen LogP contribution in [0.2, 0.25) is 0 Å². The van der Waals surface area contributed by atoms with Crippen molar-refractivity contribution in [1.82, 2.24) is 0 Å². The molecular formula is C18H33Br2ClO. The molecule has 0 saturated carbocycles. The summed E-state index contributed by atoms with van der Waals surface area (Å²) in [5.41, 5.74) is 0.